The van der Waals surface area contributed by atoms with Crippen molar-refractivity contribution in [2.45, 2.75) is 19.8 Å². The number of allylic oxidation sites excluding steroid dienone is 2. The van der Waals surface area contributed by atoms with E-state index in [-0.39, 0.29) is 0 Å². The van der Waals surface area contributed by atoms with Gasteiger partial charge in [0.15, 0.2) is 0 Å². The molecule has 0 heterocycles. The van der Waals surface area contributed by atoms with Gasteiger partial charge in [0, 0.05) is 0 Å². The van der Waals surface area contributed by atoms with Gasteiger partial charge >= 0.3 is 0 Å². The van der Waals surface area contributed by atoms with Crippen LogP contribution in [0.4, 0.5) is 0 Å². The smallest absolute Gasteiger partial charge is 0.0192 e. The van der Waals surface area contributed by atoms with Gasteiger partial charge in [0.2, 0.25) is 0 Å². The molecule has 0 nitrogen and oxygen atoms in total. The van der Waals surface area contributed by atoms with E-state index in [0.29, 0.717) is 0 Å². The van der Waals surface area contributed by atoms with Crippen molar-refractivity contribution in [3.8, 4) is 0 Å². The van der Waals surface area contributed by atoms with Crippen molar-refractivity contribution in [1.82, 2.24) is 0 Å². The Morgan fingerprint density at radius 3 is 2.77 bits per heavy atom. The summed E-state index contributed by atoms with van der Waals surface area (Å²) in [4.78, 5) is 0. The second kappa shape index (κ2) is 3.21. The highest BCUT2D eigenvalue weighted by Crippen LogP contribution is 2.29. The van der Waals surface area contributed by atoms with E-state index in [0.717, 1.165) is 0 Å². The van der Waals surface area contributed by atoms with Gasteiger partial charge in [0.25, 0.3) is 0 Å². The van der Waals surface area contributed by atoms with Crippen LogP contribution in [-0.2, 0) is 12.8 Å². The molecule has 0 saturated carbocycles. The molecule has 0 unspecified atom stereocenters. The first-order valence-electron chi connectivity index (χ1n) is 4.73. The largest absolute Gasteiger partial charge is 0.0991 e. The van der Waals surface area contributed by atoms with Crippen molar-refractivity contribution in [1.29, 1.82) is 0 Å². The van der Waals surface area contributed by atoms with Crippen LogP contribution in [0, 0.1) is 6.92 Å². The molecule has 0 amide bonds. The fourth-order valence-electron chi connectivity index (χ4n) is 1.84. The molecule has 0 atom stereocenters. The normalized spacial score (nSPS) is 13.9. The Labute approximate surface area is 79.6 Å². The summed E-state index contributed by atoms with van der Waals surface area (Å²) in [6, 6.07) is 4.46. The van der Waals surface area contributed by atoms with Gasteiger partial charge in [0.05, 0.1) is 0 Å². The minimum Gasteiger partial charge on any atom is -0.0991 e. The van der Waals surface area contributed by atoms with Crippen molar-refractivity contribution >= 4 is 6.08 Å². The third-order valence-corrected chi connectivity index (χ3v) is 2.72. The second-order valence-electron chi connectivity index (χ2n) is 3.53. The molecular formula is C13H14. The molecule has 0 saturated heterocycles. The third kappa shape index (κ3) is 1.33. The van der Waals surface area contributed by atoms with Gasteiger partial charge in [-0.1, -0.05) is 36.9 Å². The Morgan fingerprint density at radius 2 is 2.15 bits per heavy atom. The number of hydrogen-bond acceptors (Lipinski definition) is 0. The molecule has 0 radical (unpaired) electrons. The molecular weight excluding hydrogens is 156 g/mol. The summed E-state index contributed by atoms with van der Waals surface area (Å²) in [7, 11) is 0. The predicted molar refractivity (Wildman–Crippen MR) is 57.8 cm³/mol. The SMILES string of the molecule is C=C/C=C\c1c(C)ccc2c1CC2. The molecule has 66 valence electrons. The van der Waals surface area contributed by atoms with Crippen LogP contribution in [0.15, 0.2) is 30.9 Å². The maximum atomic E-state index is 3.69. The third-order valence-electron chi connectivity index (χ3n) is 2.72. The molecule has 2 rings (SSSR count). The molecule has 0 aromatic heterocycles. The van der Waals surface area contributed by atoms with Crippen LogP contribution in [-0.4, -0.2) is 0 Å². The number of fused-ring (bicyclic) bond motifs is 1. The van der Waals surface area contributed by atoms with Crippen LogP contribution in [0.25, 0.3) is 6.08 Å². The lowest BCUT2D eigenvalue weighted by atomic mass is 9.82. The summed E-state index contributed by atoms with van der Waals surface area (Å²) in [6.45, 7) is 5.86. The van der Waals surface area contributed by atoms with Crippen molar-refractivity contribution < 1.29 is 0 Å². The van der Waals surface area contributed by atoms with Crippen LogP contribution in [0.1, 0.15) is 22.3 Å². The fourth-order valence-corrected chi connectivity index (χ4v) is 1.84. The lowest BCUT2D eigenvalue weighted by Gasteiger charge is -2.22. The summed E-state index contributed by atoms with van der Waals surface area (Å²) in [5, 5.41) is 0. The highest BCUT2D eigenvalue weighted by atomic mass is 14.2. The first kappa shape index (κ1) is 8.31. The fraction of sp³-hybridized carbons (Fsp3) is 0.231. The highest BCUT2D eigenvalue weighted by Gasteiger charge is 2.16. The quantitative estimate of drug-likeness (QED) is 0.597. The monoisotopic (exact) mass is 170 g/mol. The number of benzene rings is 1. The van der Waals surface area contributed by atoms with Gasteiger partial charge in [-0.25, -0.2) is 0 Å². The van der Waals surface area contributed by atoms with Crippen LogP contribution in [0.3, 0.4) is 0 Å². The maximum Gasteiger partial charge on any atom is -0.0192 e. The summed E-state index contributed by atoms with van der Waals surface area (Å²) >= 11 is 0. The topological polar surface area (TPSA) is 0 Å². The van der Waals surface area contributed by atoms with Gasteiger partial charge in [0.1, 0.15) is 0 Å². The van der Waals surface area contributed by atoms with Gasteiger partial charge in [-0.15, -0.1) is 0 Å². The molecule has 0 fully saturated rings. The molecule has 0 N–H and O–H groups in total. The minimum atomic E-state index is 1.24. The first-order valence-corrected chi connectivity index (χ1v) is 4.73. The predicted octanol–water partition coefficient (Wildman–Crippen LogP) is 3.29. The number of rotatable bonds is 2. The van der Waals surface area contributed by atoms with Crippen LogP contribution in [0.5, 0.6) is 0 Å². The molecule has 0 spiro atoms. The summed E-state index contributed by atoms with van der Waals surface area (Å²) < 4.78 is 0. The van der Waals surface area contributed by atoms with Gasteiger partial charge < -0.3 is 0 Å². The average molecular weight is 170 g/mol. The van der Waals surface area contributed by atoms with Gasteiger partial charge in [-0.3, -0.25) is 0 Å². The molecule has 1 aliphatic carbocycles. The van der Waals surface area contributed by atoms with E-state index in [1.54, 1.807) is 0 Å². The molecule has 13 heavy (non-hydrogen) atoms. The Morgan fingerprint density at radius 1 is 1.31 bits per heavy atom. The summed E-state index contributed by atoms with van der Waals surface area (Å²) in [6.07, 6.45) is 8.51. The Kier molecular flexibility index (Phi) is 2.05. The summed E-state index contributed by atoms with van der Waals surface area (Å²) in [5.41, 5.74) is 5.84. The Bertz CT molecular complexity index is 370. The molecule has 0 bridgehead atoms. The van der Waals surface area contributed by atoms with Gasteiger partial charge in [-0.05, 0) is 42.0 Å². The van der Waals surface area contributed by atoms with Gasteiger partial charge in [-0.2, -0.15) is 0 Å². The molecule has 0 aliphatic heterocycles. The van der Waals surface area contributed by atoms with E-state index in [9.17, 15) is 0 Å². The Balaban J connectivity index is 2.48. The zero-order valence-electron chi connectivity index (χ0n) is 8.01. The highest BCUT2D eigenvalue weighted by molar-refractivity contribution is 5.63. The van der Waals surface area contributed by atoms with Crippen molar-refractivity contribution in [2.24, 2.45) is 0 Å². The van der Waals surface area contributed by atoms with E-state index in [4.69, 9.17) is 0 Å². The minimum absolute atomic E-state index is 1.24. The molecule has 1 aliphatic rings. The molecule has 1 aromatic rings. The van der Waals surface area contributed by atoms with Crippen molar-refractivity contribution in [2.75, 3.05) is 0 Å². The zero-order valence-corrected chi connectivity index (χ0v) is 8.01. The first-order chi connectivity index (χ1) is 6.33. The van der Waals surface area contributed by atoms with E-state index in [1.807, 2.05) is 12.2 Å². The van der Waals surface area contributed by atoms with Crippen LogP contribution < -0.4 is 0 Å². The van der Waals surface area contributed by atoms with E-state index >= 15 is 0 Å². The van der Waals surface area contributed by atoms with Crippen LogP contribution >= 0.6 is 0 Å². The van der Waals surface area contributed by atoms with Crippen LogP contribution in [0.2, 0.25) is 0 Å². The second-order valence-corrected chi connectivity index (χ2v) is 3.53. The average Bonchev–Trinajstić information content (AvgIpc) is 2.08. The number of aryl methyl sites for hydroxylation is 2. The van der Waals surface area contributed by atoms with E-state index < -0.39 is 0 Å². The van der Waals surface area contributed by atoms with E-state index in [1.165, 1.54) is 35.1 Å². The lowest BCUT2D eigenvalue weighted by Crippen LogP contribution is -2.10. The molecule has 0 heteroatoms. The van der Waals surface area contributed by atoms with Crippen molar-refractivity contribution in [3.05, 3.63) is 53.1 Å². The maximum absolute atomic E-state index is 3.69. The number of hydrogen-bond donors (Lipinski definition) is 0. The Hall–Kier alpha value is -1.30. The molecule has 1 aromatic carbocycles. The van der Waals surface area contributed by atoms with E-state index in [2.05, 4.69) is 31.7 Å². The zero-order chi connectivity index (χ0) is 9.26. The standard InChI is InChI=1S/C13H14/c1-3-4-5-12-10(2)6-7-11-8-9-13(11)12/h3-7H,1,8-9H2,2H3/b5-4-. The lowest BCUT2D eigenvalue weighted by molar-refractivity contribution is 0.833. The van der Waals surface area contributed by atoms with Crippen molar-refractivity contribution in [3.63, 3.8) is 0 Å². The summed E-state index contributed by atoms with van der Waals surface area (Å²) in [5.74, 6) is 0.